The first kappa shape index (κ1) is 25.0. The molecule has 7 nitrogen and oxygen atoms in total. The second-order valence-electron chi connectivity index (χ2n) is 8.96. The van der Waals surface area contributed by atoms with Gasteiger partial charge < -0.3 is 0 Å². The Labute approximate surface area is 224 Å². The van der Waals surface area contributed by atoms with E-state index in [2.05, 4.69) is 15.6 Å². The van der Waals surface area contributed by atoms with Crippen LogP contribution in [0.1, 0.15) is 38.2 Å². The van der Waals surface area contributed by atoms with Crippen LogP contribution in [0.15, 0.2) is 72.2 Å². The number of halogens is 1. The number of ketones is 1. The second-order valence-corrected chi connectivity index (χ2v) is 12.9. The van der Waals surface area contributed by atoms with Gasteiger partial charge in [0.05, 0.1) is 0 Å². The molecule has 4 atom stereocenters. The first-order chi connectivity index (χ1) is 17.6. The fraction of sp³-hybridized carbons (Fsp3) is 0.333. The van der Waals surface area contributed by atoms with Gasteiger partial charge in [-0.05, 0) is 0 Å². The van der Waals surface area contributed by atoms with Crippen molar-refractivity contribution in [3.63, 3.8) is 0 Å². The number of hydrogen-bond donors (Lipinski definition) is 2. The monoisotopic (exact) mass is 616 g/mol. The van der Waals surface area contributed by atoms with E-state index in [0.29, 0.717) is 34.5 Å². The average molecular weight is 617 g/mol. The van der Waals surface area contributed by atoms with E-state index in [1.165, 1.54) is 15.8 Å². The summed E-state index contributed by atoms with van der Waals surface area (Å²) in [5, 5.41) is 8.39. The van der Waals surface area contributed by atoms with Crippen molar-refractivity contribution < 1.29 is 40.3 Å². The first-order valence-corrected chi connectivity index (χ1v) is 15.8. The van der Waals surface area contributed by atoms with Gasteiger partial charge in [-0.2, -0.15) is 0 Å². The number of thiazole rings is 1. The Morgan fingerprint density at radius 1 is 1.08 bits per heavy atom. The summed E-state index contributed by atoms with van der Waals surface area (Å²) in [5.41, 5.74) is 0.513. The standard InChI is InChI=1S/C27H27IN3O4S/c32-22(25-30-13-14-36-25)16-29-17-27(20-11-12-28-15-21(20)27)35-26(34)23(18-7-3-1-4-8-18)31-24(33)19-9-5-2-6-10-19/h1-10,13-14,20-21,23,29H,11-12,15-17H2,(H,31,33)/q-1/t20?,21?,23?,27-/m1/s1. The number of ether oxygens (including phenoxy) is 1. The van der Waals surface area contributed by atoms with Crippen LogP contribution in [0.2, 0.25) is 0 Å². The van der Waals surface area contributed by atoms with E-state index in [1.54, 1.807) is 35.8 Å². The summed E-state index contributed by atoms with van der Waals surface area (Å²) < 4.78 is 8.61. The van der Waals surface area contributed by atoms with Crippen LogP contribution in [-0.4, -0.2) is 50.2 Å². The quantitative estimate of drug-likeness (QED) is 0.145. The van der Waals surface area contributed by atoms with Crippen molar-refractivity contribution in [2.45, 2.75) is 18.1 Å². The van der Waals surface area contributed by atoms with Crippen LogP contribution in [0.4, 0.5) is 0 Å². The van der Waals surface area contributed by atoms with E-state index in [4.69, 9.17) is 4.74 Å². The van der Waals surface area contributed by atoms with Gasteiger partial charge >= 0.3 is 225 Å². The van der Waals surface area contributed by atoms with E-state index >= 15 is 0 Å². The number of Topliss-reactive ketones (excluding diaryl/α,β-unsaturated/α-hetero) is 1. The van der Waals surface area contributed by atoms with Crippen molar-refractivity contribution in [2.75, 3.05) is 21.9 Å². The zero-order valence-corrected chi connectivity index (χ0v) is 22.5. The Kier molecular flexibility index (Phi) is 7.78. The molecular formula is C27H27IN3O4S-. The number of rotatable bonds is 10. The molecule has 1 aliphatic carbocycles. The van der Waals surface area contributed by atoms with Crippen LogP contribution in [0.5, 0.6) is 0 Å². The summed E-state index contributed by atoms with van der Waals surface area (Å²) in [6.07, 6.45) is 2.66. The Morgan fingerprint density at radius 3 is 2.50 bits per heavy atom. The van der Waals surface area contributed by atoms with Gasteiger partial charge in [0.15, 0.2) is 0 Å². The van der Waals surface area contributed by atoms with Gasteiger partial charge in [-0.25, -0.2) is 0 Å². The molecule has 2 fully saturated rings. The molecule has 0 spiro atoms. The Balaban J connectivity index is 1.32. The number of alkyl halides is 2. The number of nitrogens with one attached hydrogen (secondary N) is 2. The van der Waals surface area contributed by atoms with Crippen molar-refractivity contribution in [2.24, 2.45) is 11.8 Å². The third kappa shape index (κ3) is 5.37. The molecule has 3 aromatic rings. The predicted octanol–water partition coefficient (Wildman–Crippen LogP) is 0.107. The average Bonchev–Trinajstić information content (AvgIpc) is 3.25. The molecule has 1 aliphatic heterocycles. The molecular weight excluding hydrogens is 589 g/mol. The molecule has 5 rings (SSSR count). The third-order valence-corrected chi connectivity index (χ3v) is 10.6. The fourth-order valence-electron chi connectivity index (χ4n) is 4.88. The van der Waals surface area contributed by atoms with Crippen LogP contribution < -0.4 is 31.8 Å². The number of nitrogens with zero attached hydrogens (tertiary/aromatic N) is 1. The molecule has 3 unspecified atom stereocenters. The molecule has 2 N–H and O–H groups in total. The SMILES string of the molecule is O=C(NC(C(=O)O[C@]1(CNCC(=O)c2nccs2)C2CC[I-]CC21)c1ccccc1)c1ccccc1. The molecule has 188 valence electrons. The van der Waals surface area contributed by atoms with Crippen LogP contribution in [0, 0.1) is 11.8 Å². The topological polar surface area (TPSA) is 97.4 Å². The number of amides is 1. The van der Waals surface area contributed by atoms with Gasteiger partial charge in [0.1, 0.15) is 0 Å². The van der Waals surface area contributed by atoms with Gasteiger partial charge in [0.25, 0.3) is 0 Å². The van der Waals surface area contributed by atoms with Crippen molar-refractivity contribution in [1.82, 2.24) is 15.6 Å². The van der Waals surface area contributed by atoms with Crippen LogP contribution in [0.25, 0.3) is 0 Å². The van der Waals surface area contributed by atoms with Gasteiger partial charge in [-0.1, -0.05) is 0 Å². The third-order valence-electron chi connectivity index (χ3n) is 6.79. The van der Waals surface area contributed by atoms with E-state index in [1.807, 2.05) is 36.4 Å². The van der Waals surface area contributed by atoms with Gasteiger partial charge in [0.2, 0.25) is 0 Å². The van der Waals surface area contributed by atoms with Gasteiger partial charge in [0, 0.05) is 0 Å². The van der Waals surface area contributed by atoms with Crippen LogP contribution in [0.3, 0.4) is 0 Å². The Bertz CT molecular complexity index is 1190. The Morgan fingerprint density at radius 2 is 1.83 bits per heavy atom. The number of carbonyl (C=O) groups excluding carboxylic acids is 3. The van der Waals surface area contributed by atoms with Crippen molar-refractivity contribution in [1.29, 1.82) is 0 Å². The zero-order valence-electron chi connectivity index (χ0n) is 19.6. The molecule has 9 heteroatoms. The summed E-state index contributed by atoms with van der Waals surface area (Å²) in [7, 11) is 0. The van der Waals surface area contributed by atoms with E-state index in [9.17, 15) is 14.4 Å². The minimum absolute atomic E-state index is 0.0696. The van der Waals surface area contributed by atoms with Crippen molar-refractivity contribution >= 4 is 29.0 Å². The summed E-state index contributed by atoms with van der Waals surface area (Å²) in [4.78, 5) is 43.1. The predicted molar refractivity (Wildman–Crippen MR) is 133 cm³/mol. The fourth-order valence-corrected chi connectivity index (χ4v) is 9.04. The van der Waals surface area contributed by atoms with Crippen LogP contribution in [-0.2, 0) is 9.53 Å². The van der Waals surface area contributed by atoms with Gasteiger partial charge in [-0.3, -0.25) is 0 Å². The maximum atomic E-state index is 13.7. The van der Waals surface area contributed by atoms with E-state index in [0.717, 1.165) is 10.8 Å². The number of benzene rings is 2. The number of esters is 1. The summed E-state index contributed by atoms with van der Waals surface area (Å²) in [6, 6.07) is 17.1. The summed E-state index contributed by atoms with van der Waals surface area (Å²) >= 11 is 1.42. The molecule has 1 saturated heterocycles. The first-order valence-electron chi connectivity index (χ1n) is 11.9. The molecule has 1 saturated carbocycles. The molecule has 1 amide bonds. The van der Waals surface area contributed by atoms with Crippen LogP contribution >= 0.6 is 11.3 Å². The Hall–Kier alpha value is -2.63. The normalized spacial score (nSPS) is 23.4. The van der Waals surface area contributed by atoms with E-state index in [-0.39, 0.29) is 39.4 Å². The van der Waals surface area contributed by atoms with Gasteiger partial charge in [-0.15, -0.1) is 0 Å². The molecule has 2 heterocycles. The number of aromatic nitrogens is 1. The zero-order chi connectivity index (χ0) is 25.0. The van der Waals surface area contributed by atoms with Crippen molar-refractivity contribution in [3.05, 3.63) is 88.4 Å². The number of hydrogen-bond acceptors (Lipinski definition) is 7. The molecule has 0 bridgehead atoms. The number of carbonyl (C=O) groups is 3. The second kappa shape index (κ2) is 11.2. The summed E-state index contributed by atoms with van der Waals surface area (Å²) in [5.74, 6) is -0.266. The molecule has 2 aliphatic rings. The minimum atomic E-state index is -0.926. The maximum absolute atomic E-state index is 13.7. The molecule has 1 aromatic heterocycles. The van der Waals surface area contributed by atoms with E-state index < -0.39 is 17.6 Å². The van der Waals surface area contributed by atoms with Crippen molar-refractivity contribution in [3.8, 4) is 0 Å². The molecule has 0 radical (unpaired) electrons. The molecule has 36 heavy (non-hydrogen) atoms. The molecule has 2 aromatic carbocycles. The number of fused-ring (bicyclic) bond motifs is 1. The summed E-state index contributed by atoms with van der Waals surface area (Å²) in [6.45, 7) is 0.567.